The molecule has 0 aliphatic heterocycles. The molecule has 2 aromatic carbocycles. The number of amides is 2. The van der Waals surface area contributed by atoms with E-state index < -0.39 is 35.6 Å². The van der Waals surface area contributed by atoms with Crippen LogP contribution in [0.2, 0.25) is 0 Å². The number of rotatable bonds is 7. The highest BCUT2D eigenvalue weighted by Crippen LogP contribution is 2.28. The molecule has 0 spiro atoms. The molecule has 3 aromatic rings. The molecule has 1 saturated carbocycles. The highest BCUT2D eigenvalue weighted by Gasteiger charge is 2.36. The van der Waals surface area contributed by atoms with Crippen LogP contribution in [0.5, 0.6) is 5.88 Å². The zero-order chi connectivity index (χ0) is 23.4. The number of nitrogens with zero attached hydrogens (tertiary/aromatic N) is 2. The molecule has 0 saturated heterocycles. The summed E-state index contributed by atoms with van der Waals surface area (Å²) in [5, 5.41) is 24.8. The molecule has 168 valence electrons. The number of aliphatic carboxylic acids is 1. The Morgan fingerprint density at radius 3 is 2.00 bits per heavy atom. The molecule has 1 fully saturated rings. The highest BCUT2D eigenvalue weighted by atomic mass is 16.4. The van der Waals surface area contributed by atoms with Crippen molar-refractivity contribution in [1.29, 1.82) is 0 Å². The van der Waals surface area contributed by atoms with E-state index in [1.165, 1.54) is 0 Å². The topological polar surface area (TPSA) is 142 Å². The van der Waals surface area contributed by atoms with E-state index in [-0.39, 0.29) is 17.4 Å². The van der Waals surface area contributed by atoms with Crippen LogP contribution in [0.4, 0.5) is 0 Å². The first-order valence-electron chi connectivity index (χ1n) is 10.4. The molecular formula is C24H22N4O5. The van der Waals surface area contributed by atoms with Crippen LogP contribution in [0.3, 0.4) is 0 Å². The SMILES string of the molecule is O=C(N[C@H]1C[C@H](C(=O)O)C1)c1ncc(C(=O)NC(c2ccccc2)c2ccccc2)c(O)n1. The van der Waals surface area contributed by atoms with Gasteiger partial charge in [0.05, 0.1) is 12.0 Å². The molecule has 1 aliphatic carbocycles. The summed E-state index contributed by atoms with van der Waals surface area (Å²) in [6.45, 7) is 0. The van der Waals surface area contributed by atoms with E-state index in [1.807, 2.05) is 60.7 Å². The monoisotopic (exact) mass is 446 g/mol. The third-order valence-electron chi connectivity index (χ3n) is 5.58. The molecule has 1 heterocycles. The van der Waals surface area contributed by atoms with Crippen molar-refractivity contribution in [2.24, 2.45) is 5.92 Å². The summed E-state index contributed by atoms with van der Waals surface area (Å²) in [6, 6.07) is 18.0. The van der Waals surface area contributed by atoms with Crippen molar-refractivity contribution in [3.05, 3.63) is 89.4 Å². The van der Waals surface area contributed by atoms with E-state index in [4.69, 9.17) is 5.11 Å². The van der Waals surface area contributed by atoms with E-state index in [0.29, 0.717) is 12.8 Å². The molecule has 33 heavy (non-hydrogen) atoms. The second-order valence-corrected chi connectivity index (χ2v) is 7.84. The number of nitrogens with one attached hydrogen (secondary N) is 2. The second kappa shape index (κ2) is 9.47. The highest BCUT2D eigenvalue weighted by molar-refractivity contribution is 5.97. The van der Waals surface area contributed by atoms with Crippen molar-refractivity contribution in [3.8, 4) is 5.88 Å². The molecule has 0 atom stereocenters. The van der Waals surface area contributed by atoms with Gasteiger partial charge in [0, 0.05) is 12.2 Å². The summed E-state index contributed by atoms with van der Waals surface area (Å²) >= 11 is 0. The minimum atomic E-state index is -0.894. The standard InChI is InChI=1S/C24H22N4O5/c29-21(27-19(14-7-3-1-4-8-14)15-9-5-2-6-10-15)18-13-25-20(28-22(18)30)23(31)26-17-11-16(12-17)24(32)33/h1-10,13,16-17,19H,11-12H2,(H,26,31)(H,27,29)(H,32,33)(H,25,28,30)/t16-,17-. The molecular weight excluding hydrogens is 424 g/mol. The van der Waals surface area contributed by atoms with Crippen molar-refractivity contribution < 1.29 is 24.6 Å². The van der Waals surface area contributed by atoms with Crippen LogP contribution in [0, 0.1) is 5.92 Å². The first kappa shape index (κ1) is 21.9. The normalized spacial score (nSPS) is 17.1. The molecule has 2 amide bonds. The van der Waals surface area contributed by atoms with Crippen LogP contribution in [-0.2, 0) is 4.79 Å². The molecule has 1 aromatic heterocycles. The lowest BCUT2D eigenvalue weighted by Crippen LogP contribution is -2.47. The van der Waals surface area contributed by atoms with Crippen LogP contribution in [0.25, 0.3) is 0 Å². The minimum Gasteiger partial charge on any atom is -0.493 e. The third kappa shape index (κ3) is 4.98. The number of carbonyl (C=O) groups is 3. The number of hydrogen-bond donors (Lipinski definition) is 4. The molecule has 0 bridgehead atoms. The molecule has 1 aliphatic rings. The van der Waals surface area contributed by atoms with Gasteiger partial charge in [0.2, 0.25) is 11.7 Å². The average Bonchev–Trinajstić information content (AvgIpc) is 2.80. The van der Waals surface area contributed by atoms with Crippen molar-refractivity contribution >= 4 is 17.8 Å². The van der Waals surface area contributed by atoms with Gasteiger partial charge in [-0.25, -0.2) is 4.98 Å². The quantitative estimate of drug-likeness (QED) is 0.436. The van der Waals surface area contributed by atoms with Gasteiger partial charge >= 0.3 is 5.97 Å². The molecule has 4 N–H and O–H groups in total. The number of carbonyl (C=O) groups excluding carboxylic acids is 2. The van der Waals surface area contributed by atoms with Gasteiger partial charge in [0.15, 0.2) is 0 Å². The first-order chi connectivity index (χ1) is 15.9. The van der Waals surface area contributed by atoms with E-state index in [9.17, 15) is 19.5 Å². The van der Waals surface area contributed by atoms with Gasteiger partial charge in [-0.1, -0.05) is 60.7 Å². The van der Waals surface area contributed by atoms with Gasteiger partial charge in [-0.05, 0) is 24.0 Å². The Labute approximate surface area is 189 Å². The Balaban J connectivity index is 1.47. The Hall–Kier alpha value is -4.27. The number of aromatic hydroxyl groups is 1. The van der Waals surface area contributed by atoms with Gasteiger partial charge in [0.25, 0.3) is 11.8 Å². The Morgan fingerprint density at radius 1 is 0.909 bits per heavy atom. The van der Waals surface area contributed by atoms with Gasteiger partial charge in [-0.15, -0.1) is 0 Å². The minimum absolute atomic E-state index is 0.169. The van der Waals surface area contributed by atoms with Crippen molar-refractivity contribution in [2.75, 3.05) is 0 Å². The Morgan fingerprint density at radius 2 is 1.48 bits per heavy atom. The maximum absolute atomic E-state index is 12.9. The predicted molar refractivity (Wildman–Crippen MR) is 118 cm³/mol. The van der Waals surface area contributed by atoms with E-state index in [2.05, 4.69) is 20.6 Å². The Kier molecular flexibility index (Phi) is 6.30. The van der Waals surface area contributed by atoms with E-state index in [0.717, 1.165) is 17.3 Å². The number of aromatic nitrogens is 2. The summed E-state index contributed by atoms with van der Waals surface area (Å²) < 4.78 is 0. The number of hydrogen-bond acceptors (Lipinski definition) is 6. The van der Waals surface area contributed by atoms with Crippen molar-refractivity contribution in [1.82, 2.24) is 20.6 Å². The molecule has 4 rings (SSSR count). The number of benzene rings is 2. The van der Waals surface area contributed by atoms with Crippen molar-refractivity contribution in [3.63, 3.8) is 0 Å². The molecule has 0 radical (unpaired) electrons. The largest absolute Gasteiger partial charge is 0.493 e. The smallest absolute Gasteiger partial charge is 0.306 e. The molecule has 9 nitrogen and oxygen atoms in total. The zero-order valence-corrected chi connectivity index (χ0v) is 17.5. The number of carboxylic acid groups (broad SMARTS) is 1. The summed E-state index contributed by atoms with van der Waals surface area (Å²) in [7, 11) is 0. The molecule has 9 heteroatoms. The lowest BCUT2D eigenvalue weighted by atomic mass is 9.80. The fourth-order valence-electron chi connectivity index (χ4n) is 3.69. The third-order valence-corrected chi connectivity index (χ3v) is 5.58. The maximum atomic E-state index is 12.9. The summed E-state index contributed by atoms with van der Waals surface area (Å²) in [6.07, 6.45) is 1.75. The Bertz CT molecular complexity index is 1120. The van der Waals surface area contributed by atoms with Crippen LogP contribution in [-0.4, -0.2) is 44.0 Å². The zero-order valence-electron chi connectivity index (χ0n) is 17.5. The van der Waals surface area contributed by atoms with Gasteiger partial charge in [-0.3, -0.25) is 14.4 Å². The number of carboxylic acids is 1. The molecule has 0 unspecified atom stereocenters. The first-order valence-corrected chi connectivity index (χ1v) is 10.4. The lowest BCUT2D eigenvalue weighted by Gasteiger charge is -2.32. The van der Waals surface area contributed by atoms with Gasteiger partial charge < -0.3 is 20.8 Å². The fraction of sp³-hybridized carbons (Fsp3) is 0.208. The van der Waals surface area contributed by atoms with E-state index >= 15 is 0 Å². The summed E-state index contributed by atoms with van der Waals surface area (Å²) in [5.41, 5.74) is 1.54. The second-order valence-electron chi connectivity index (χ2n) is 7.84. The van der Waals surface area contributed by atoms with Crippen LogP contribution in [0.1, 0.15) is 51.0 Å². The van der Waals surface area contributed by atoms with Crippen LogP contribution in [0.15, 0.2) is 66.9 Å². The lowest BCUT2D eigenvalue weighted by molar-refractivity contribution is -0.145. The van der Waals surface area contributed by atoms with Crippen LogP contribution >= 0.6 is 0 Å². The van der Waals surface area contributed by atoms with Crippen molar-refractivity contribution in [2.45, 2.75) is 24.9 Å². The fourth-order valence-corrected chi connectivity index (χ4v) is 3.69. The van der Waals surface area contributed by atoms with Gasteiger partial charge in [-0.2, -0.15) is 4.98 Å². The van der Waals surface area contributed by atoms with E-state index in [1.54, 1.807) is 0 Å². The summed E-state index contributed by atoms with van der Waals surface area (Å²) in [5.74, 6) is -3.53. The maximum Gasteiger partial charge on any atom is 0.306 e. The van der Waals surface area contributed by atoms with Gasteiger partial charge in [0.1, 0.15) is 5.56 Å². The van der Waals surface area contributed by atoms with Crippen LogP contribution < -0.4 is 10.6 Å². The predicted octanol–water partition coefficient (Wildman–Crippen LogP) is 2.29. The summed E-state index contributed by atoms with van der Waals surface area (Å²) in [4.78, 5) is 43.8. The average molecular weight is 446 g/mol.